The first-order chi connectivity index (χ1) is 7.62. The molecule has 0 aromatic heterocycles. The van der Waals surface area contributed by atoms with Gasteiger partial charge in [-0.2, -0.15) is 0 Å². The Bertz CT molecular complexity index is 509. The molecule has 0 atom stereocenters. The zero-order chi connectivity index (χ0) is 13.3. The number of nitrogens with one attached hydrogen (secondary N) is 1. The Morgan fingerprint density at radius 3 is 2.53 bits per heavy atom. The third kappa shape index (κ3) is 4.16. The van der Waals surface area contributed by atoms with Crippen molar-refractivity contribution in [2.45, 2.75) is 24.3 Å². The van der Waals surface area contributed by atoms with E-state index in [0.717, 1.165) is 0 Å². The topological polar surface area (TPSA) is 92.4 Å². The number of hydrogen-bond donors (Lipinski definition) is 3. The summed E-state index contributed by atoms with van der Waals surface area (Å²) in [6.07, 6.45) is 0. The van der Waals surface area contributed by atoms with Gasteiger partial charge in [-0.3, -0.25) is 0 Å². The van der Waals surface area contributed by atoms with Crippen molar-refractivity contribution < 1.29 is 13.5 Å². The molecule has 0 fully saturated rings. The Labute approximate surface area is 106 Å². The van der Waals surface area contributed by atoms with Gasteiger partial charge in [-0.25, -0.2) is 13.1 Å². The van der Waals surface area contributed by atoms with Gasteiger partial charge >= 0.3 is 0 Å². The number of halogens is 1. The fourth-order valence-electron chi connectivity index (χ4n) is 1.08. The Kier molecular flexibility index (Phi) is 4.03. The second-order valence-electron chi connectivity index (χ2n) is 4.33. The lowest BCUT2D eigenvalue weighted by molar-refractivity contribution is 0.0857. The fourth-order valence-corrected chi connectivity index (χ4v) is 2.84. The molecule has 4 N–H and O–H groups in total. The van der Waals surface area contributed by atoms with Crippen molar-refractivity contribution in [3.8, 4) is 0 Å². The van der Waals surface area contributed by atoms with E-state index in [9.17, 15) is 13.5 Å². The van der Waals surface area contributed by atoms with E-state index in [1.54, 1.807) is 0 Å². The molecule has 0 radical (unpaired) electrons. The van der Waals surface area contributed by atoms with E-state index < -0.39 is 15.6 Å². The maximum Gasteiger partial charge on any atom is 0.242 e. The summed E-state index contributed by atoms with van der Waals surface area (Å²) in [5.41, 5.74) is 4.73. The summed E-state index contributed by atoms with van der Waals surface area (Å²) in [6, 6.07) is 4.13. The van der Waals surface area contributed by atoms with Crippen LogP contribution >= 0.6 is 11.6 Å². The summed E-state index contributed by atoms with van der Waals surface area (Å²) in [5, 5.41) is 9.51. The molecule has 0 saturated carbocycles. The van der Waals surface area contributed by atoms with Gasteiger partial charge in [-0.1, -0.05) is 11.6 Å². The molecule has 5 nitrogen and oxygen atoms in total. The summed E-state index contributed by atoms with van der Waals surface area (Å²) in [6.45, 7) is 2.90. The average molecular weight is 279 g/mol. The van der Waals surface area contributed by atoms with Crippen molar-refractivity contribution in [1.82, 2.24) is 4.72 Å². The van der Waals surface area contributed by atoms with Crippen molar-refractivity contribution in [3.63, 3.8) is 0 Å². The molecule has 17 heavy (non-hydrogen) atoms. The van der Waals surface area contributed by atoms with Crippen molar-refractivity contribution in [1.29, 1.82) is 0 Å². The van der Waals surface area contributed by atoms with Crippen molar-refractivity contribution in [3.05, 3.63) is 23.2 Å². The highest BCUT2D eigenvalue weighted by Crippen LogP contribution is 2.23. The number of sulfonamides is 1. The first kappa shape index (κ1) is 14.2. The SMILES string of the molecule is CC(C)(O)CNS(=O)(=O)c1ccc(N)cc1Cl. The van der Waals surface area contributed by atoms with E-state index in [-0.39, 0.29) is 16.5 Å². The van der Waals surface area contributed by atoms with Crippen molar-refractivity contribution in [2.24, 2.45) is 0 Å². The van der Waals surface area contributed by atoms with E-state index in [4.69, 9.17) is 17.3 Å². The van der Waals surface area contributed by atoms with Crippen LogP contribution in [0.4, 0.5) is 5.69 Å². The molecule has 1 aromatic carbocycles. The molecule has 0 heterocycles. The van der Waals surface area contributed by atoms with E-state index in [1.807, 2.05) is 0 Å². The second kappa shape index (κ2) is 4.81. The van der Waals surface area contributed by atoms with Crippen LogP contribution < -0.4 is 10.5 Å². The summed E-state index contributed by atoms with van der Waals surface area (Å²) in [5.74, 6) is 0. The zero-order valence-corrected chi connectivity index (χ0v) is 11.1. The van der Waals surface area contributed by atoms with E-state index >= 15 is 0 Å². The molecule has 0 saturated heterocycles. The first-order valence-electron chi connectivity index (χ1n) is 4.89. The maximum absolute atomic E-state index is 11.9. The molecule has 1 rings (SSSR count). The number of anilines is 1. The molecular formula is C10H15ClN2O3S. The lowest BCUT2D eigenvalue weighted by Crippen LogP contribution is -2.38. The van der Waals surface area contributed by atoms with E-state index in [1.165, 1.54) is 32.0 Å². The molecule has 0 aliphatic heterocycles. The number of hydrogen-bond acceptors (Lipinski definition) is 4. The van der Waals surface area contributed by atoms with Crippen LogP contribution in [-0.2, 0) is 10.0 Å². The van der Waals surface area contributed by atoms with Crippen LogP contribution in [0.1, 0.15) is 13.8 Å². The second-order valence-corrected chi connectivity index (χ2v) is 6.47. The Morgan fingerprint density at radius 2 is 2.06 bits per heavy atom. The molecule has 1 aromatic rings. The van der Waals surface area contributed by atoms with Crippen molar-refractivity contribution >= 4 is 27.3 Å². The third-order valence-electron chi connectivity index (χ3n) is 1.94. The van der Waals surface area contributed by atoms with Gasteiger partial charge in [0.05, 0.1) is 10.6 Å². The highest BCUT2D eigenvalue weighted by Gasteiger charge is 2.21. The monoisotopic (exact) mass is 278 g/mol. The van der Waals surface area contributed by atoms with Gasteiger partial charge in [0.15, 0.2) is 0 Å². The average Bonchev–Trinajstić information content (AvgIpc) is 2.13. The fraction of sp³-hybridized carbons (Fsp3) is 0.400. The lowest BCUT2D eigenvalue weighted by Gasteiger charge is -2.18. The van der Waals surface area contributed by atoms with Gasteiger partial charge in [0.1, 0.15) is 4.90 Å². The minimum absolute atomic E-state index is 0.0493. The summed E-state index contributed by atoms with van der Waals surface area (Å²) in [7, 11) is -3.74. The summed E-state index contributed by atoms with van der Waals surface area (Å²) >= 11 is 5.80. The Balaban J connectivity index is 2.98. The Morgan fingerprint density at radius 1 is 1.47 bits per heavy atom. The minimum atomic E-state index is -3.74. The summed E-state index contributed by atoms with van der Waals surface area (Å²) in [4.78, 5) is -0.0578. The predicted octanol–water partition coefficient (Wildman–Crippen LogP) is 0.971. The highest BCUT2D eigenvalue weighted by atomic mass is 35.5. The van der Waals surface area contributed by atoms with Gasteiger partial charge < -0.3 is 10.8 Å². The summed E-state index contributed by atoms with van der Waals surface area (Å²) < 4.78 is 26.0. The lowest BCUT2D eigenvalue weighted by atomic mass is 10.1. The van der Waals surface area contributed by atoms with Crippen LogP contribution in [0.25, 0.3) is 0 Å². The van der Waals surface area contributed by atoms with Crippen LogP contribution in [0.5, 0.6) is 0 Å². The van der Waals surface area contributed by atoms with Crippen LogP contribution in [0.3, 0.4) is 0 Å². The number of benzene rings is 1. The molecule has 7 heteroatoms. The first-order valence-corrected chi connectivity index (χ1v) is 6.75. The normalized spacial score (nSPS) is 12.7. The van der Waals surface area contributed by atoms with Crippen LogP contribution in [0.2, 0.25) is 5.02 Å². The van der Waals surface area contributed by atoms with Crippen LogP contribution in [-0.4, -0.2) is 25.7 Å². The largest absolute Gasteiger partial charge is 0.399 e. The highest BCUT2D eigenvalue weighted by molar-refractivity contribution is 7.89. The number of rotatable bonds is 4. The molecule has 0 unspecified atom stereocenters. The van der Waals surface area contributed by atoms with E-state index in [0.29, 0.717) is 5.69 Å². The molecule has 0 aliphatic carbocycles. The van der Waals surface area contributed by atoms with Gasteiger partial charge in [0.2, 0.25) is 10.0 Å². The molecule has 0 aliphatic rings. The number of aliphatic hydroxyl groups is 1. The molecule has 96 valence electrons. The smallest absolute Gasteiger partial charge is 0.242 e. The zero-order valence-electron chi connectivity index (χ0n) is 9.57. The molecule has 0 spiro atoms. The van der Waals surface area contributed by atoms with Gasteiger partial charge in [-0.05, 0) is 32.0 Å². The molecule has 0 bridgehead atoms. The van der Waals surface area contributed by atoms with E-state index in [2.05, 4.69) is 4.72 Å². The van der Waals surface area contributed by atoms with Gasteiger partial charge in [0.25, 0.3) is 0 Å². The van der Waals surface area contributed by atoms with Crippen molar-refractivity contribution in [2.75, 3.05) is 12.3 Å². The molecular weight excluding hydrogens is 264 g/mol. The van der Waals surface area contributed by atoms with Crippen LogP contribution in [0, 0.1) is 0 Å². The Hall–Kier alpha value is -0.820. The van der Waals surface area contributed by atoms with Gasteiger partial charge in [0, 0.05) is 12.2 Å². The maximum atomic E-state index is 11.9. The van der Waals surface area contributed by atoms with Gasteiger partial charge in [-0.15, -0.1) is 0 Å². The quantitative estimate of drug-likeness (QED) is 0.716. The molecule has 0 amide bonds. The predicted molar refractivity (Wildman–Crippen MR) is 67.4 cm³/mol. The standard InChI is InChI=1S/C10H15ClN2O3S/c1-10(2,14)6-13-17(15,16)9-4-3-7(12)5-8(9)11/h3-5,13-14H,6,12H2,1-2H3. The third-order valence-corrected chi connectivity index (χ3v) is 3.82. The minimum Gasteiger partial charge on any atom is -0.399 e. The van der Waals surface area contributed by atoms with Crippen LogP contribution in [0.15, 0.2) is 23.1 Å². The number of nitrogen functional groups attached to an aromatic ring is 1. The number of nitrogens with two attached hydrogens (primary N) is 1.